The highest BCUT2D eigenvalue weighted by atomic mass is 19.1. The van der Waals surface area contributed by atoms with Gasteiger partial charge in [0.15, 0.2) is 0 Å². The van der Waals surface area contributed by atoms with Gasteiger partial charge < -0.3 is 9.47 Å². The third-order valence-electron chi connectivity index (χ3n) is 3.23. The van der Waals surface area contributed by atoms with E-state index in [2.05, 4.69) is 0 Å². The Morgan fingerprint density at radius 2 is 1.75 bits per heavy atom. The Kier molecular flexibility index (Phi) is 4.30. The Bertz CT molecular complexity index is 245. The third-order valence-corrected chi connectivity index (χ3v) is 3.23. The summed E-state index contributed by atoms with van der Waals surface area (Å²) >= 11 is 0. The van der Waals surface area contributed by atoms with E-state index in [0.29, 0.717) is 19.4 Å². The molecule has 0 bridgehead atoms. The van der Waals surface area contributed by atoms with Crippen LogP contribution in [0.3, 0.4) is 0 Å². The van der Waals surface area contributed by atoms with Gasteiger partial charge in [0.05, 0.1) is 12.2 Å². The maximum absolute atomic E-state index is 14.2. The molecule has 0 N–H and O–H groups in total. The molecule has 0 amide bonds. The number of carbonyl (C=O) groups is 1. The average Bonchev–Trinajstić information content (AvgIpc) is 2.24. The fourth-order valence-electron chi connectivity index (χ4n) is 2.13. The molecule has 1 aliphatic carbocycles. The molecule has 0 aromatic heterocycles. The van der Waals surface area contributed by atoms with Crippen LogP contribution in [0, 0.1) is 0 Å². The van der Waals surface area contributed by atoms with Crippen molar-refractivity contribution in [2.45, 2.75) is 57.7 Å². The summed E-state index contributed by atoms with van der Waals surface area (Å²) in [6.07, 6.45) is 1.52. The second-order valence-corrected chi connectivity index (χ2v) is 4.57. The lowest BCUT2D eigenvalue weighted by atomic mass is 9.78. The number of hydrogen-bond donors (Lipinski definition) is 0. The van der Waals surface area contributed by atoms with Crippen LogP contribution in [0.2, 0.25) is 0 Å². The Morgan fingerprint density at radius 1 is 1.19 bits per heavy atom. The number of hydrogen-bond acceptors (Lipinski definition) is 3. The highest BCUT2D eigenvalue weighted by molar-refractivity contribution is 5.79. The van der Waals surface area contributed by atoms with Gasteiger partial charge in [-0.15, -0.1) is 0 Å². The van der Waals surface area contributed by atoms with Crippen LogP contribution < -0.4 is 0 Å². The normalized spacial score (nSPS) is 34.8. The van der Waals surface area contributed by atoms with Gasteiger partial charge in [0.25, 0.3) is 0 Å². The predicted octanol–water partition coefficient (Wildman–Crippen LogP) is 2.63. The van der Waals surface area contributed by atoms with E-state index >= 15 is 0 Å². The van der Waals surface area contributed by atoms with E-state index in [1.165, 1.54) is 0 Å². The van der Waals surface area contributed by atoms with Crippen LogP contribution in [0.1, 0.15) is 46.5 Å². The SMILES string of the molecule is CCOC(=O)C1(F)CCC(C)(OCC)CC1. The van der Waals surface area contributed by atoms with Gasteiger partial charge in [0.1, 0.15) is 0 Å². The van der Waals surface area contributed by atoms with Gasteiger partial charge in [-0.25, -0.2) is 9.18 Å². The van der Waals surface area contributed by atoms with Gasteiger partial charge in [-0.2, -0.15) is 0 Å². The molecule has 1 aliphatic rings. The quantitative estimate of drug-likeness (QED) is 0.699. The van der Waals surface area contributed by atoms with Crippen LogP contribution in [0.4, 0.5) is 4.39 Å². The maximum atomic E-state index is 14.2. The summed E-state index contributed by atoms with van der Waals surface area (Å²) in [5.74, 6) is -0.714. The lowest BCUT2D eigenvalue weighted by molar-refractivity contribution is -0.165. The molecule has 0 aromatic rings. The van der Waals surface area contributed by atoms with E-state index in [-0.39, 0.29) is 25.0 Å². The number of ether oxygens (including phenoxy) is 2. The van der Waals surface area contributed by atoms with Gasteiger partial charge >= 0.3 is 5.97 Å². The highest BCUT2D eigenvalue weighted by Crippen LogP contribution is 2.40. The van der Waals surface area contributed by atoms with Crippen molar-refractivity contribution in [2.24, 2.45) is 0 Å². The van der Waals surface area contributed by atoms with E-state index in [4.69, 9.17) is 9.47 Å². The predicted molar refractivity (Wildman–Crippen MR) is 59.0 cm³/mol. The summed E-state index contributed by atoms with van der Waals surface area (Å²) in [5, 5.41) is 0. The van der Waals surface area contributed by atoms with E-state index in [0.717, 1.165) is 0 Å². The molecule has 4 heteroatoms. The molecular formula is C12H21FO3. The molecule has 16 heavy (non-hydrogen) atoms. The summed E-state index contributed by atoms with van der Waals surface area (Å²) < 4.78 is 24.5. The van der Waals surface area contributed by atoms with Gasteiger partial charge in [-0.05, 0) is 46.5 Å². The Hall–Kier alpha value is -0.640. The Morgan fingerprint density at radius 3 is 2.19 bits per heavy atom. The molecule has 0 spiro atoms. The Labute approximate surface area is 96.3 Å². The van der Waals surface area contributed by atoms with Crippen molar-refractivity contribution in [1.29, 1.82) is 0 Å². The van der Waals surface area contributed by atoms with Crippen LogP contribution in [0.25, 0.3) is 0 Å². The van der Waals surface area contributed by atoms with Crippen molar-refractivity contribution >= 4 is 5.97 Å². The Balaban J connectivity index is 2.55. The number of halogens is 1. The summed E-state index contributed by atoms with van der Waals surface area (Å²) in [5.41, 5.74) is -2.08. The van der Waals surface area contributed by atoms with Crippen molar-refractivity contribution < 1.29 is 18.7 Å². The third kappa shape index (κ3) is 2.94. The minimum absolute atomic E-state index is 0.197. The van der Waals surface area contributed by atoms with Gasteiger partial charge in [-0.1, -0.05) is 0 Å². The molecule has 1 saturated carbocycles. The molecule has 0 radical (unpaired) electrons. The molecule has 0 aliphatic heterocycles. The second kappa shape index (κ2) is 5.13. The molecule has 0 heterocycles. The molecule has 1 fully saturated rings. The minimum atomic E-state index is -1.80. The van der Waals surface area contributed by atoms with Crippen LogP contribution in [-0.2, 0) is 14.3 Å². The first-order valence-corrected chi connectivity index (χ1v) is 5.96. The minimum Gasteiger partial charge on any atom is -0.464 e. The standard InChI is InChI=1S/C12H21FO3/c1-4-15-10(14)12(13)8-6-11(3,7-9-12)16-5-2/h4-9H2,1-3H3. The maximum Gasteiger partial charge on any atom is 0.343 e. The van der Waals surface area contributed by atoms with E-state index in [1.54, 1.807) is 6.92 Å². The lowest BCUT2D eigenvalue weighted by Crippen LogP contribution is -2.45. The first kappa shape index (κ1) is 13.4. The van der Waals surface area contributed by atoms with Crippen molar-refractivity contribution in [3.63, 3.8) is 0 Å². The van der Waals surface area contributed by atoms with E-state index in [1.807, 2.05) is 13.8 Å². The summed E-state index contributed by atoms with van der Waals surface area (Å²) in [7, 11) is 0. The fraction of sp³-hybridized carbons (Fsp3) is 0.917. The molecule has 94 valence electrons. The van der Waals surface area contributed by atoms with Crippen molar-refractivity contribution in [2.75, 3.05) is 13.2 Å². The van der Waals surface area contributed by atoms with Crippen molar-refractivity contribution in [1.82, 2.24) is 0 Å². The number of esters is 1. The zero-order valence-corrected chi connectivity index (χ0v) is 10.3. The van der Waals surface area contributed by atoms with Crippen molar-refractivity contribution in [3.05, 3.63) is 0 Å². The van der Waals surface area contributed by atoms with Crippen molar-refractivity contribution in [3.8, 4) is 0 Å². The van der Waals surface area contributed by atoms with Crippen LogP contribution in [-0.4, -0.2) is 30.5 Å². The summed E-state index contributed by atoms with van der Waals surface area (Å²) in [6, 6.07) is 0. The zero-order valence-electron chi connectivity index (χ0n) is 10.3. The molecule has 0 saturated heterocycles. The monoisotopic (exact) mass is 232 g/mol. The van der Waals surface area contributed by atoms with E-state index in [9.17, 15) is 9.18 Å². The molecular weight excluding hydrogens is 211 g/mol. The van der Waals surface area contributed by atoms with E-state index < -0.39 is 11.6 Å². The first-order chi connectivity index (χ1) is 7.46. The molecule has 0 aromatic carbocycles. The molecule has 0 atom stereocenters. The molecule has 1 rings (SSSR count). The first-order valence-electron chi connectivity index (χ1n) is 5.96. The summed E-state index contributed by atoms with van der Waals surface area (Å²) in [4.78, 5) is 11.5. The highest BCUT2D eigenvalue weighted by Gasteiger charge is 2.47. The smallest absolute Gasteiger partial charge is 0.343 e. The second-order valence-electron chi connectivity index (χ2n) is 4.57. The lowest BCUT2D eigenvalue weighted by Gasteiger charge is -2.38. The van der Waals surface area contributed by atoms with Gasteiger partial charge in [-0.3, -0.25) is 0 Å². The topological polar surface area (TPSA) is 35.5 Å². The molecule has 3 nitrogen and oxygen atoms in total. The van der Waals surface area contributed by atoms with Crippen LogP contribution in [0.5, 0.6) is 0 Å². The van der Waals surface area contributed by atoms with Crippen LogP contribution in [0.15, 0.2) is 0 Å². The number of alkyl halides is 1. The van der Waals surface area contributed by atoms with Crippen LogP contribution >= 0.6 is 0 Å². The summed E-state index contributed by atoms with van der Waals surface area (Å²) in [6.45, 7) is 6.44. The van der Waals surface area contributed by atoms with Gasteiger partial charge in [0.2, 0.25) is 5.67 Å². The number of carbonyl (C=O) groups excluding carboxylic acids is 1. The fourth-order valence-corrected chi connectivity index (χ4v) is 2.13. The number of rotatable bonds is 4. The average molecular weight is 232 g/mol. The van der Waals surface area contributed by atoms with Gasteiger partial charge in [0, 0.05) is 6.61 Å². The molecule has 0 unspecified atom stereocenters. The largest absolute Gasteiger partial charge is 0.464 e. The zero-order chi connectivity index (χ0) is 12.2.